The van der Waals surface area contributed by atoms with Crippen molar-refractivity contribution in [3.63, 3.8) is 0 Å². The second kappa shape index (κ2) is 17.4. The molecule has 2 heterocycles. The fraction of sp³-hybridized carbons (Fsp3) is 0.111. The first-order valence-electron chi connectivity index (χ1n) is 19.8. The Labute approximate surface area is 341 Å². The number of hydrogen-bond acceptors (Lipinski definition) is 3. The summed E-state index contributed by atoms with van der Waals surface area (Å²) in [6, 6.07) is 52.1. The van der Waals surface area contributed by atoms with Crippen molar-refractivity contribution in [2.75, 3.05) is 0 Å². The van der Waals surface area contributed by atoms with Gasteiger partial charge in [-0.15, -0.1) is 6.58 Å². The Morgan fingerprint density at radius 1 is 0.552 bits per heavy atom. The molecule has 286 valence electrons. The number of aryl methyl sites for hydroxylation is 1. The Hall–Kier alpha value is -7.04. The first-order chi connectivity index (χ1) is 28.3. The van der Waals surface area contributed by atoms with E-state index in [-0.39, 0.29) is 0 Å². The van der Waals surface area contributed by atoms with Crippen LogP contribution in [0.4, 0.5) is 0 Å². The van der Waals surface area contributed by atoms with Gasteiger partial charge in [-0.3, -0.25) is 0 Å². The summed E-state index contributed by atoms with van der Waals surface area (Å²) in [7, 11) is 0. The molecule has 0 aliphatic carbocycles. The third kappa shape index (κ3) is 7.70. The Balaban J connectivity index is 0.000000980. The van der Waals surface area contributed by atoms with Gasteiger partial charge in [-0.1, -0.05) is 142 Å². The maximum absolute atomic E-state index is 6.20. The van der Waals surface area contributed by atoms with Gasteiger partial charge in [0, 0.05) is 38.4 Å². The minimum absolute atomic E-state index is 0.588. The molecule has 0 radical (unpaired) electrons. The number of benzene rings is 7. The molecular weight excluding hydrogens is 709 g/mol. The van der Waals surface area contributed by atoms with Crippen molar-refractivity contribution < 1.29 is 8.83 Å². The standard InChI is InChI=1S/C49H36N2O2.C3H6.C2H6/c1-30-27-47-43(40-19-8-10-24-44(40)53-47)29-42(30)38-22-13-21-37(31(38)2)35-17-12-18-36(28-35)49(50-32(3)34-15-6-5-7-16-34)51-33(4)39-23-14-26-46-48(39)41-20-9-11-25-45(41)52-46;1-3-2;1-2/h5-29H,4H2,1-3H3;3H,1H2,2H3;1-2H3. The van der Waals surface area contributed by atoms with E-state index in [9.17, 15) is 0 Å². The molecule has 0 spiro atoms. The fourth-order valence-corrected chi connectivity index (χ4v) is 7.49. The van der Waals surface area contributed by atoms with E-state index in [4.69, 9.17) is 18.8 Å². The van der Waals surface area contributed by atoms with Gasteiger partial charge in [0.25, 0.3) is 0 Å². The largest absolute Gasteiger partial charge is 0.456 e. The normalized spacial score (nSPS) is 11.6. The highest BCUT2D eigenvalue weighted by Gasteiger charge is 2.17. The number of aliphatic imine (C=N–C) groups is 2. The second-order valence-electron chi connectivity index (χ2n) is 14.0. The Morgan fingerprint density at radius 3 is 1.90 bits per heavy atom. The molecule has 0 fully saturated rings. The van der Waals surface area contributed by atoms with Crippen LogP contribution in [0.2, 0.25) is 0 Å². The van der Waals surface area contributed by atoms with E-state index in [1.165, 1.54) is 22.3 Å². The van der Waals surface area contributed by atoms with Crippen LogP contribution in [0, 0.1) is 13.8 Å². The number of rotatable bonds is 6. The van der Waals surface area contributed by atoms with Gasteiger partial charge in [0.15, 0.2) is 5.84 Å². The van der Waals surface area contributed by atoms with Crippen LogP contribution in [0.25, 0.3) is 71.8 Å². The number of nitrogens with zero attached hydrogens (tertiary/aromatic N) is 2. The van der Waals surface area contributed by atoms with Gasteiger partial charge in [-0.05, 0) is 103 Å². The van der Waals surface area contributed by atoms with Crippen LogP contribution in [-0.4, -0.2) is 11.5 Å². The first kappa shape index (κ1) is 39.2. The molecule has 58 heavy (non-hydrogen) atoms. The van der Waals surface area contributed by atoms with Crippen molar-refractivity contribution in [1.82, 2.24) is 0 Å². The highest BCUT2D eigenvalue weighted by molar-refractivity contribution is 6.15. The Morgan fingerprint density at radius 2 is 1.14 bits per heavy atom. The lowest BCUT2D eigenvalue weighted by atomic mass is 9.89. The average Bonchev–Trinajstić information content (AvgIpc) is 3.82. The third-order valence-corrected chi connectivity index (χ3v) is 10.2. The van der Waals surface area contributed by atoms with Crippen LogP contribution in [-0.2, 0) is 0 Å². The summed E-state index contributed by atoms with van der Waals surface area (Å²) < 4.78 is 12.4. The summed E-state index contributed by atoms with van der Waals surface area (Å²) in [5, 5.41) is 4.28. The summed E-state index contributed by atoms with van der Waals surface area (Å²) in [6.07, 6.45) is 1.75. The van der Waals surface area contributed by atoms with Crippen LogP contribution < -0.4 is 0 Å². The van der Waals surface area contributed by atoms with Crippen LogP contribution >= 0.6 is 0 Å². The summed E-state index contributed by atoms with van der Waals surface area (Å²) in [5.74, 6) is 0.588. The van der Waals surface area contributed by atoms with Crippen LogP contribution in [0.3, 0.4) is 0 Å². The maximum atomic E-state index is 6.20. The lowest BCUT2D eigenvalue weighted by molar-refractivity contribution is 0.668. The molecule has 0 N–H and O–H groups in total. The summed E-state index contributed by atoms with van der Waals surface area (Å²) in [4.78, 5) is 10.4. The average molecular weight is 757 g/mol. The number of hydrogen-bond donors (Lipinski definition) is 0. The molecular formula is C54H48N2O2. The van der Waals surface area contributed by atoms with E-state index in [0.29, 0.717) is 11.5 Å². The number of amidine groups is 1. The van der Waals surface area contributed by atoms with Gasteiger partial charge in [-0.2, -0.15) is 0 Å². The van der Waals surface area contributed by atoms with Gasteiger partial charge in [0.1, 0.15) is 22.3 Å². The number of fused-ring (bicyclic) bond motifs is 6. The van der Waals surface area contributed by atoms with Crippen molar-refractivity contribution in [1.29, 1.82) is 0 Å². The van der Waals surface area contributed by atoms with Crippen molar-refractivity contribution >= 4 is 61.1 Å². The molecule has 0 bridgehead atoms. The van der Waals surface area contributed by atoms with Gasteiger partial charge < -0.3 is 8.83 Å². The zero-order valence-corrected chi connectivity index (χ0v) is 34.1. The van der Waals surface area contributed by atoms with Crippen molar-refractivity contribution in [2.45, 2.75) is 41.5 Å². The van der Waals surface area contributed by atoms with Crippen LogP contribution in [0.5, 0.6) is 0 Å². The number of allylic oxidation sites excluding steroid dienone is 1. The molecule has 0 saturated carbocycles. The van der Waals surface area contributed by atoms with Crippen molar-refractivity contribution in [2.24, 2.45) is 9.98 Å². The molecule has 9 rings (SSSR count). The molecule has 0 aliphatic heterocycles. The highest BCUT2D eigenvalue weighted by Crippen LogP contribution is 2.39. The Kier molecular flexibility index (Phi) is 11.8. The molecule has 4 heteroatoms. The number of para-hydroxylation sites is 2. The van der Waals surface area contributed by atoms with E-state index in [1.54, 1.807) is 6.08 Å². The molecule has 4 nitrogen and oxygen atoms in total. The van der Waals surface area contributed by atoms with E-state index in [1.807, 2.05) is 88.4 Å². The summed E-state index contributed by atoms with van der Waals surface area (Å²) >= 11 is 0. The zero-order valence-electron chi connectivity index (χ0n) is 34.1. The molecule has 0 amide bonds. The van der Waals surface area contributed by atoms with Gasteiger partial charge >= 0.3 is 0 Å². The zero-order chi connectivity index (χ0) is 40.8. The monoisotopic (exact) mass is 756 g/mol. The molecule has 0 atom stereocenters. The van der Waals surface area contributed by atoms with E-state index < -0.39 is 0 Å². The predicted octanol–water partition coefficient (Wildman–Crippen LogP) is 15.6. The van der Waals surface area contributed by atoms with E-state index in [2.05, 4.69) is 118 Å². The predicted molar refractivity (Wildman–Crippen MR) is 249 cm³/mol. The van der Waals surface area contributed by atoms with E-state index in [0.717, 1.165) is 77.4 Å². The molecule has 0 aliphatic rings. The smallest absolute Gasteiger partial charge is 0.160 e. The lowest BCUT2D eigenvalue weighted by Crippen LogP contribution is -2.04. The first-order valence-corrected chi connectivity index (χ1v) is 19.8. The van der Waals surface area contributed by atoms with Crippen molar-refractivity contribution in [3.8, 4) is 22.3 Å². The summed E-state index contributed by atoms with van der Waals surface area (Å²) in [5.41, 5.74) is 14.8. The van der Waals surface area contributed by atoms with Gasteiger partial charge in [0.05, 0.1) is 5.70 Å². The Bertz CT molecular complexity index is 2990. The molecule has 7 aromatic carbocycles. The minimum atomic E-state index is 0.588. The van der Waals surface area contributed by atoms with Crippen molar-refractivity contribution in [3.05, 3.63) is 199 Å². The van der Waals surface area contributed by atoms with Crippen LogP contribution in [0.1, 0.15) is 55.5 Å². The lowest BCUT2D eigenvalue weighted by Gasteiger charge is -2.15. The fourth-order valence-electron chi connectivity index (χ4n) is 7.49. The molecule has 0 saturated heterocycles. The molecule has 0 unspecified atom stereocenters. The molecule has 2 aromatic heterocycles. The SMILES string of the molecule is C=C(N=C(N=C(C)c1ccccc1)c1cccc(-c2cccc(-c3cc4c(cc3C)oc3ccccc34)c2C)c1)c1cccc2oc3ccccc3c12.C=CC.CC. The van der Waals surface area contributed by atoms with Crippen LogP contribution in [0.15, 0.2) is 190 Å². The topological polar surface area (TPSA) is 51.0 Å². The second-order valence-corrected chi connectivity index (χ2v) is 14.0. The minimum Gasteiger partial charge on any atom is -0.456 e. The van der Waals surface area contributed by atoms with Gasteiger partial charge in [0.2, 0.25) is 0 Å². The molecule has 9 aromatic rings. The number of furan rings is 2. The third-order valence-electron chi connectivity index (χ3n) is 10.2. The van der Waals surface area contributed by atoms with E-state index >= 15 is 0 Å². The maximum Gasteiger partial charge on any atom is 0.160 e. The quantitative estimate of drug-likeness (QED) is 0.0964. The van der Waals surface area contributed by atoms with Gasteiger partial charge in [-0.25, -0.2) is 9.98 Å². The highest BCUT2D eigenvalue weighted by atomic mass is 16.3. The summed E-state index contributed by atoms with van der Waals surface area (Å²) in [6.45, 7) is 20.1.